The van der Waals surface area contributed by atoms with Gasteiger partial charge in [0.2, 0.25) is 0 Å². The van der Waals surface area contributed by atoms with Gasteiger partial charge in [0.05, 0.1) is 12.6 Å². The van der Waals surface area contributed by atoms with Crippen molar-refractivity contribution in [3.8, 4) is 11.5 Å². The summed E-state index contributed by atoms with van der Waals surface area (Å²) in [4.78, 5) is 23.7. The van der Waals surface area contributed by atoms with Gasteiger partial charge in [-0.15, -0.1) is 0 Å². The highest BCUT2D eigenvalue weighted by Crippen LogP contribution is 2.27. The van der Waals surface area contributed by atoms with Gasteiger partial charge >= 0.3 is 5.97 Å². The summed E-state index contributed by atoms with van der Waals surface area (Å²) in [5.74, 6) is -1.47. The second kappa shape index (κ2) is 8.61. The number of methoxy groups -OCH3 is 1. The number of carbonyl (C=O) groups excluding carboxylic acids is 1. The van der Waals surface area contributed by atoms with E-state index in [0.29, 0.717) is 28.6 Å². The molecule has 0 bridgehead atoms. The quantitative estimate of drug-likeness (QED) is 0.386. The molecule has 0 saturated carbocycles. The van der Waals surface area contributed by atoms with Crippen LogP contribution in [0.4, 0.5) is 0 Å². The van der Waals surface area contributed by atoms with Crippen LogP contribution < -0.4 is 10.1 Å². The van der Waals surface area contributed by atoms with Crippen molar-refractivity contribution in [2.45, 2.75) is 6.42 Å². The van der Waals surface area contributed by atoms with Crippen molar-refractivity contribution in [1.29, 1.82) is 0 Å². The van der Waals surface area contributed by atoms with Crippen LogP contribution in [0.25, 0.3) is 10.9 Å². The number of ether oxygens (including phenoxy) is 1. The van der Waals surface area contributed by atoms with Crippen LogP contribution in [-0.2, 0) is 6.42 Å². The number of aromatic hydroxyl groups is 1. The molecule has 1 amide bonds. The first-order valence-corrected chi connectivity index (χ1v) is 8.89. The highest BCUT2D eigenvalue weighted by Gasteiger charge is 2.17. The van der Waals surface area contributed by atoms with E-state index in [9.17, 15) is 19.8 Å². The highest BCUT2D eigenvalue weighted by atomic mass is 16.5. The van der Waals surface area contributed by atoms with Crippen LogP contribution in [0.1, 0.15) is 26.4 Å². The molecule has 3 aromatic rings. The Morgan fingerprint density at radius 3 is 2.69 bits per heavy atom. The lowest BCUT2D eigenvalue weighted by atomic mass is 9.99. The van der Waals surface area contributed by atoms with E-state index in [1.54, 1.807) is 30.3 Å². The van der Waals surface area contributed by atoms with E-state index in [2.05, 4.69) is 15.5 Å². The zero-order chi connectivity index (χ0) is 21.0. The Labute approximate surface area is 165 Å². The SMILES string of the molecule is COc1ccc(CC(CO)CNC(=O)c2ccc3[nH]nc(C(=O)O)c3c2)cc1O. The number of phenols is 1. The highest BCUT2D eigenvalue weighted by molar-refractivity contribution is 6.04. The average Bonchev–Trinajstić information content (AvgIpc) is 3.14. The number of benzene rings is 2. The van der Waals surface area contributed by atoms with Crippen molar-refractivity contribution < 1.29 is 29.6 Å². The number of carbonyl (C=O) groups is 2. The van der Waals surface area contributed by atoms with Crippen LogP contribution in [0, 0.1) is 5.92 Å². The maximum atomic E-state index is 12.5. The molecule has 0 aliphatic heterocycles. The van der Waals surface area contributed by atoms with Crippen molar-refractivity contribution in [2.75, 3.05) is 20.3 Å². The average molecular weight is 399 g/mol. The van der Waals surface area contributed by atoms with E-state index in [1.165, 1.54) is 13.2 Å². The lowest BCUT2D eigenvalue weighted by molar-refractivity contribution is 0.0692. The second-order valence-corrected chi connectivity index (χ2v) is 6.61. The van der Waals surface area contributed by atoms with Gasteiger partial charge in [0.25, 0.3) is 5.91 Å². The van der Waals surface area contributed by atoms with Crippen LogP contribution in [0.5, 0.6) is 11.5 Å². The number of carboxylic acids is 1. The Kier molecular flexibility index (Phi) is 5.99. The predicted molar refractivity (Wildman–Crippen MR) is 104 cm³/mol. The standard InChI is InChI=1S/C20H21N3O6/c1-29-17-5-2-11(7-16(17)25)6-12(10-24)9-21-19(26)13-3-4-15-14(8-13)18(20(27)28)23-22-15/h2-5,7-8,12,24-25H,6,9-10H2,1H3,(H,21,26)(H,22,23)(H,27,28). The predicted octanol–water partition coefficient (Wildman–Crippen LogP) is 1.56. The van der Waals surface area contributed by atoms with Gasteiger partial charge in [0.1, 0.15) is 0 Å². The maximum absolute atomic E-state index is 12.5. The summed E-state index contributed by atoms with van der Waals surface area (Å²) in [6.45, 7) is 0.0499. The van der Waals surface area contributed by atoms with Crippen molar-refractivity contribution in [1.82, 2.24) is 15.5 Å². The fraction of sp³-hybridized carbons (Fsp3) is 0.250. The first-order chi connectivity index (χ1) is 13.9. The molecule has 152 valence electrons. The van der Waals surface area contributed by atoms with Gasteiger partial charge in [0, 0.05) is 30.0 Å². The number of nitrogens with zero attached hydrogens (tertiary/aromatic N) is 1. The third-order valence-corrected chi connectivity index (χ3v) is 4.60. The summed E-state index contributed by atoms with van der Waals surface area (Å²) < 4.78 is 5.01. The van der Waals surface area contributed by atoms with Gasteiger partial charge in [-0.05, 0) is 42.3 Å². The molecular formula is C20H21N3O6. The number of phenolic OH excluding ortho intramolecular Hbond substituents is 1. The Morgan fingerprint density at radius 1 is 1.24 bits per heavy atom. The molecule has 29 heavy (non-hydrogen) atoms. The lowest BCUT2D eigenvalue weighted by Crippen LogP contribution is -2.31. The Hall–Kier alpha value is -3.59. The van der Waals surface area contributed by atoms with Gasteiger partial charge in [0.15, 0.2) is 17.2 Å². The zero-order valence-electron chi connectivity index (χ0n) is 15.7. The second-order valence-electron chi connectivity index (χ2n) is 6.61. The van der Waals surface area contributed by atoms with Crippen LogP contribution in [-0.4, -0.2) is 57.7 Å². The summed E-state index contributed by atoms with van der Waals surface area (Å²) in [7, 11) is 1.46. The van der Waals surface area contributed by atoms with Gasteiger partial charge in [-0.3, -0.25) is 9.89 Å². The molecule has 0 radical (unpaired) electrons. The summed E-state index contributed by atoms with van der Waals surface area (Å²) in [5, 5.41) is 38.1. The summed E-state index contributed by atoms with van der Waals surface area (Å²) in [6, 6.07) is 9.60. The number of aromatic nitrogens is 2. The molecule has 0 spiro atoms. The first-order valence-electron chi connectivity index (χ1n) is 8.89. The normalized spacial score (nSPS) is 11.9. The van der Waals surface area contributed by atoms with E-state index in [1.807, 2.05) is 0 Å². The topological polar surface area (TPSA) is 145 Å². The van der Waals surface area contributed by atoms with Crippen LogP contribution in [0.15, 0.2) is 36.4 Å². The Bertz CT molecular complexity index is 1050. The fourth-order valence-corrected chi connectivity index (χ4v) is 3.05. The molecule has 2 aromatic carbocycles. The minimum Gasteiger partial charge on any atom is -0.504 e. The molecular weight excluding hydrogens is 378 g/mol. The Balaban J connectivity index is 1.67. The van der Waals surface area contributed by atoms with Gasteiger partial charge in [-0.25, -0.2) is 4.79 Å². The molecule has 1 unspecified atom stereocenters. The summed E-state index contributed by atoms with van der Waals surface area (Å²) in [6.07, 6.45) is 0.443. The number of aromatic carboxylic acids is 1. The first kappa shape index (κ1) is 20.2. The number of fused-ring (bicyclic) bond motifs is 1. The molecule has 3 rings (SSSR count). The minimum absolute atomic E-state index is 0.00775. The summed E-state index contributed by atoms with van der Waals surface area (Å²) in [5.41, 5.74) is 1.45. The number of aliphatic hydroxyl groups excluding tert-OH is 1. The van der Waals surface area contributed by atoms with Crippen molar-refractivity contribution in [3.05, 3.63) is 53.2 Å². The number of rotatable bonds is 8. The number of hydrogen-bond acceptors (Lipinski definition) is 6. The molecule has 1 aromatic heterocycles. The monoisotopic (exact) mass is 399 g/mol. The van der Waals surface area contributed by atoms with Crippen molar-refractivity contribution >= 4 is 22.8 Å². The Morgan fingerprint density at radius 2 is 2.03 bits per heavy atom. The van der Waals surface area contributed by atoms with E-state index in [-0.39, 0.29) is 36.4 Å². The third-order valence-electron chi connectivity index (χ3n) is 4.60. The molecule has 1 heterocycles. The number of nitrogens with one attached hydrogen (secondary N) is 2. The minimum atomic E-state index is -1.18. The largest absolute Gasteiger partial charge is 0.504 e. The van der Waals surface area contributed by atoms with E-state index in [0.717, 1.165) is 5.56 Å². The molecule has 9 nitrogen and oxygen atoms in total. The molecule has 9 heteroatoms. The summed E-state index contributed by atoms with van der Waals surface area (Å²) >= 11 is 0. The molecule has 1 atom stereocenters. The molecule has 0 aliphatic rings. The smallest absolute Gasteiger partial charge is 0.357 e. The molecule has 0 saturated heterocycles. The van der Waals surface area contributed by atoms with Gasteiger partial charge in [-0.2, -0.15) is 5.10 Å². The number of aromatic amines is 1. The van der Waals surface area contributed by atoms with Crippen molar-refractivity contribution in [3.63, 3.8) is 0 Å². The number of amides is 1. The van der Waals surface area contributed by atoms with Crippen molar-refractivity contribution in [2.24, 2.45) is 5.92 Å². The number of aliphatic hydroxyl groups is 1. The van der Waals surface area contributed by atoms with Crippen LogP contribution in [0.2, 0.25) is 0 Å². The fourth-order valence-electron chi connectivity index (χ4n) is 3.05. The van der Waals surface area contributed by atoms with E-state index >= 15 is 0 Å². The molecule has 0 fully saturated rings. The zero-order valence-corrected chi connectivity index (χ0v) is 15.7. The number of H-pyrrole nitrogens is 1. The van der Waals surface area contributed by atoms with Crippen LogP contribution >= 0.6 is 0 Å². The third kappa shape index (κ3) is 4.46. The van der Waals surface area contributed by atoms with Gasteiger partial charge in [-0.1, -0.05) is 6.07 Å². The van der Waals surface area contributed by atoms with Crippen LogP contribution in [0.3, 0.4) is 0 Å². The van der Waals surface area contributed by atoms with Gasteiger partial charge < -0.3 is 25.4 Å². The molecule has 0 aliphatic carbocycles. The molecule has 5 N–H and O–H groups in total. The number of hydrogen-bond donors (Lipinski definition) is 5. The van der Waals surface area contributed by atoms with E-state index < -0.39 is 5.97 Å². The lowest BCUT2D eigenvalue weighted by Gasteiger charge is -2.16. The number of carboxylic acid groups (broad SMARTS) is 1. The maximum Gasteiger partial charge on any atom is 0.357 e. The van der Waals surface area contributed by atoms with E-state index in [4.69, 9.17) is 9.84 Å².